The van der Waals surface area contributed by atoms with Gasteiger partial charge in [-0.1, -0.05) is 80.4 Å². The molecule has 148 valence electrons. The number of para-hydroxylation sites is 1. The van der Waals surface area contributed by atoms with Crippen LogP contribution in [0.4, 0.5) is 0 Å². The van der Waals surface area contributed by atoms with Crippen LogP contribution >= 0.6 is 0 Å². The number of unbranched alkanes of at least 4 members (excludes halogenated alkanes) is 2. The maximum atomic E-state index is 13.1. The second-order valence-corrected chi connectivity index (χ2v) is 6.64. The number of carbonyl (C=O) groups excluding carboxylic acids is 2. The first kappa shape index (κ1) is 20.3. The smallest absolute Gasteiger partial charge is 0.345 e. The summed E-state index contributed by atoms with van der Waals surface area (Å²) in [7, 11) is 0. The van der Waals surface area contributed by atoms with Gasteiger partial charge in [0, 0.05) is 0 Å². The molecule has 0 bridgehead atoms. The van der Waals surface area contributed by atoms with Crippen LogP contribution in [0.2, 0.25) is 0 Å². The zero-order chi connectivity index (χ0) is 20.5. The van der Waals surface area contributed by atoms with E-state index in [4.69, 9.17) is 9.47 Å². The Morgan fingerprint density at radius 1 is 0.759 bits per heavy atom. The molecule has 0 saturated heterocycles. The van der Waals surface area contributed by atoms with Gasteiger partial charge in [0.2, 0.25) is 0 Å². The summed E-state index contributed by atoms with van der Waals surface area (Å²) < 4.78 is 11.0. The Morgan fingerprint density at radius 2 is 1.45 bits per heavy atom. The Bertz CT molecular complexity index is 949. The minimum absolute atomic E-state index is 0.211. The molecule has 4 heteroatoms. The number of rotatable bonds is 8. The van der Waals surface area contributed by atoms with E-state index in [1.165, 1.54) is 0 Å². The predicted octanol–water partition coefficient (Wildman–Crippen LogP) is 5.92. The highest BCUT2D eigenvalue weighted by molar-refractivity contribution is 6.08. The third kappa shape index (κ3) is 5.32. The lowest BCUT2D eigenvalue weighted by molar-refractivity contribution is 0.0490. The van der Waals surface area contributed by atoms with Gasteiger partial charge in [-0.05, 0) is 35.7 Å². The van der Waals surface area contributed by atoms with Crippen LogP contribution in [0.3, 0.4) is 0 Å². The van der Waals surface area contributed by atoms with Crippen molar-refractivity contribution in [2.45, 2.75) is 26.2 Å². The van der Waals surface area contributed by atoms with Crippen molar-refractivity contribution < 1.29 is 19.1 Å². The van der Waals surface area contributed by atoms with E-state index in [0.717, 1.165) is 24.8 Å². The van der Waals surface area contributed by atoms with Gasteiger partial charge in [0.05, 0.1) is 17.7 Å². The van der Waals surface area contributed by atoms with Crippen LogP contribution in [-0.2, 0) is 4.74 Å². The molecule has 0 aliphatic heterocycles. The van der Waals surface area contributed by atoms with E-state index in [9.17, 15) is 9.59 Å². The van der Waals surface area contributed by atoms with Crippen molar-refractivity contribution in [2.75, 3.05) is 6.61 Å². The topological polar surface area (TPSA) is 52.6 Å². The fourth-order valence-corrected chi connectivity index (χ4v) is 3.04. The van der Waals surface area contributed by atoms with Gasteiger partial charge in [0.15, 0.2) is 0 Å². The molecule has 0 radical (unpaired) electrons. The lowest BCUT2D eigenvalue weighted by Crippen LogP contribution is -2.17. The van der Waals surface area contributed by atoms with Crippen LogP contribution < -0.4 is 4.74 Å². The SMILES string of the molecule is CCCCCOC(=O)c1cccc(-c2ccccc2)c1C(=O)Oc1ccccc1. The first-order valence-electron chi connectivity index (χ1n) is 9.83. The first-order valence-corrected chi connectivity index (χ1v) is 9.83. The molecule has 0 atom stereocenters. The van der Waals surface area contributed by atoms with Crippen molar-refractivity contribution in [3.05, 3.63) is 90.0 Å². The summed E-state index contributed by atoms with van der Waals surface area (Å²) in [5.41, 5.74) is 1.88. The minimum atomic E-state index is -0.587. The van der Waals surface area contributed by atoms with Gasteiger partial charge in [0.25, 0.3) is 0 Å². The zero-order valence-electron chi connectivity index (χ0n) is 16.5. The van der Waals surface area contributed by atoms with Gasteiger partial charge < -0.3 is 9.47 Å². The Labute approximate surface area is 171 Å². The van der Waals surface area contributed by atoms with Gasteiger partial charge in [0.1, 0.15) is 5.75 Å². The van der Waals surface area contributed by atoms with Crippen molar-refractivity contribution in [2.24, 2.45) is 0 Å². The Hall–Kier alpha value is -3.40. The number of hydrogen-bond acceptors (Lipinski definition) is 4. The van der Waals surface area contributed by atoms with E-state index in [1.54, 1.807) is 36.4 Å². The number of benzene rings is 3. The monoisotopic (exact) mass is 388 g/mol. The van der Waals surface area contributed by atoms with E-state index in [1.807, 2.05) is 42.5 Å². The molecule has 0 aliphatic rings. The highest BCUT2D eigenvalue weighted by Crippen LogP contribution is 2.28. The maximum absolute atomic E-state index is 13.1. The summed E-state index contributed by atoms with van der Waals surface area (Å²) in [5, 5.41) is 0. The molecule has 0 spiro atoms. The van der Waals surface area contributed by atoms with Crippen molar-refractivity contribution >= 4 is 11.9 Å². The van der Waals surface area contributed by atoms with Gasteiger partial charge in [-0.2, -0.15) is 0 Å². The largest absolute Gasteiger partial charge is 0.462 e. The van der Waals surface area contributed by atoms with Crippen LogP contribution in [0.1, 0.15) is 46.9 Å². The quantitative estimate of drug-likeness (QED) is 0.273. The van der Waals surface area contributed by atoms with Crippen LogP contribution in [0, 0.1) is 0 Å². The predicted molar refractivity (Wildman–Crippen MR) is 113 cm³/mol. The van der Waals surface area contributed by atoms with E-state index >= 15 is 0 Å². The van der Waals surface area contributed by atoms with E-state index in [2.05, 4.69) is 6.92 Å². The molecule has 0 heterocycles. The fraction of sp³-hybridized carbons (Fsp3) is 0.200. The van der Waals surface area contributed by atoms with Crippen LogP contribution in [0.5, 0.6) is 5.75 Å². The molecule has 0 fully saturated rings. The van der Waals surface area contributed by atoms with Crippen LogP contribution in [-0.4, -0.2) is 18.5 Å². The molecule has 0 saturated carbocycles. The maximum Gasteiger partial charge on any atom is 0.345 e. The fourth-order valence-electron chi connectivity index (χ4n) is 3.04. The summed E-state index contributed by atoms with van der Waals surface area (Å²) >= 11 is 0. The van der Waals surface area contributed by atoms with E-state index in [-0.39, 0.29) is 11.1 Å². The van der Waals surface area contributed by atoms with Crippen molar-refractivity contribution in [3.8, 4) is 16.9 Å². The molecular formula is C25H24O4. The van der Waals surface area contributed by atoms with E-state index < -0.39 is 11.9 Å². The van der Waals surface area contributed by atoms with Gasteiger partial charge in [-0.15, -0.1) is 0 Å². The van der Waals surface area contributed by atoms with Crippen molar-refractivity contribution in [1.82, 2.24) is 0 Å². The molecule has 0 N–H and O–H groups in total. The molecule has 3 aromatic carbocycles. The molecule has 0 aromatic heterocycles. The summed E-state index contributed by atoms with van der Waals surface area (Å²) in [5.74, 6) is -0.683. The normalized spacial score (nSPS) is 10.4. The highest BCUT2D eigenvalue weighted by Gasteiger charge is 2.24. The molecule has 0 unspecified atom stereocenters. The molecule has 0 aliphatic carbocycles. The average Bonchev–Trinajstić information content (AvgIpc) is 2.77. The van der Waals surface area contributed by atoms with Gasteiger partial charge in [-0.25, -0.2) is 9.59 Å². The van der Waals surface area contributed by atoms with Gasteiger partial charge >= 0.3 is 11.9 Å². The minimum Gasteiger partial charge on any atom is -0.462 e. The summed E-state index contributed by atoms with van der Waals surface area (Å²) in [6.45, 7) is 2.41. The molecule has 3 rings (SSSR count). The summed E-state index contributed by atoms with van der Waals surface area (Å²) in [6.07, 6.45) is 2.82. The number of ether oxygens (including phenoxy) is 2. The lowest BCUT2D eigenvalue weighted by atomic mass is 9.95. The lowest BCUT2D eigenvalue weighted by Gasteiger charge is -2.14. The second kappa shape index (κ2) is 10.2. The highest BCUT2D eigenvalue weighted by atomic mass is 16.5. The Morgan fingerprint density at radius 3 is 2.14 bits per heavy atom. The molecule has 3 aromatic rings. The standard InChI is InChI=1S/C25H24O4/c1-2-3-10-18-28-24(26)22-17-11-16-21(19-12-6-4-7-13-19)23(22)25(27)29-20-14-8-5-9-15-20/h4-9,11-17H,2-3,10,18H2,1H3. The third-order valence-electron chi connectivity index (χ3n) is 4.51. The van der Waals surface area contributed by atoms with Crippen LogP contribution in [0.15, 0.2) is 78.9 Å². The average molecular weight is 388 g/mol. The molecule has 0 amide bonds. The molecule has 29 heavy (non-hydrogen) atoms. The first-order chi connectivity index (χ1) is 14.2. The molecular weight excluding hydrogens is 364 g/mol. The zero-order valence-corrected chi connectivity index (χ0v) is 16.5. The third-order valence-corrected chi connectivity index (χ3v) is 4.51. The van der Waals surface area contributed by atoms with E-state index in [0.29, 0.717) is 17.9 Å². The summed E-state index contributed by atoms with van der Waals surface area (Å²) in [6, 6.07) is 23.4. The number of carbonyl (C=O) groups is 2. The number of esters is 2. The Balaban J connectivity index is 1.97. The second-order valence-electron chi connectivity index (χ2n) is 6.64. The molecule has 4 nitrogen and oxygen atoms in total. The van der Waals surface area contributed by atoms with Crippen LogP contribution in [0.25, 0.3) is 11.1 Å². The van der Waals surface area contributed by atoms with Crippen molar-refractivity contribution in [3.63, 3.8) is 0 Å². The Kier molecular flexibility index (Phi) is 7.17. The van der Waals surface area contributed by atoms with Gasteiger partial charge in [-0.3, -0.25) is 0 Å². The number of hydrogen-bond donors (Lipinski definition) is 0. The van der Waals surface area contributed by atoms with Crippen molar-refractivity contribution in [1.29, 1.82) is 0 Å². The summed E-state index contributed by atoms with van der Waals surface area (Å²) in [4.78, 5) is 25.8.